The van der Waals surface area contributed by atoms with Gasteiger partial charge in [0.25, 0.3) is 0 Å². The molecule has 10 heteroatoms. The van der Waals surface area contributed by atoms with Gasteiger partial charge in [-0.1, -0.05) is 12.1 Å². The maximum atomic E-state index is 12.4. The standard InChI is InChI=1S/C22H22N4O5S/c1-28-14-5-2-4-13(10-14)24-22(27)31-17-12-30-19-16(11-29-20(17)19)26-21-23-8-7-15(25-21)18-6-3-9-32-18/h2-10,16-17,19-20H,11-12H2,1H3,(H,24,27)(H,23,25,26)/t16-,17-,19-,20+/m0/s1. The lowest BCUT2D eigenvalue weighted by atomic mass is 10.1. The van der Waals surface area contributed by atoms with Gasteiger partial charge < -0.3 is 24.3 Å². The van der Waals surface area contributed by atoms with Gasteiger partial charge in [0.1, 0.15) is 18.0 Å². The molecule has 2 N–H and O–H groups in total. The Balaban J connectivity index is 1.18. The molecule has 2 saturated heterocycles. The van der Waals surface area contributed by atoms with Gasteiger partial charge in [0.2, 0.25) is 5.95 Å². The van der Waals surface area contributed by atoms with Crippen LogP contribution in [0.1, 0.15) is 0 Å². The fraction of sp³-hybridized carbons (Fsp3) is 0.318. The normalized spacial score (nSPS) is 24.0. The summed E-state index contributed by atoms with van der Waals surface area (Å²) in [7, 11) is 1.57. The van der Waals surface area contributed by atoms with E-state index in [9.17, 15) is 4.79 Å². The van der Waals surface area contributed by atoms with Gasteiger partial charge in [0, 0.05) is 18.0 Å². The molecule has 166 valence electrons. The Kier molecular flexibility index (Phi) is 5.89. The molecule has 0 radical (unpaired) electrons. The summed E-state index contributed by atoms with van der Waals surface area (Å²) < 4.78 is 22.5. The Hall–Kier alpha value is -3.21. The number of thiophene rings is 1. The minimum absolute atomic E-state index is 0.145. The van der Waals surface area contributed by atoms with Gasteiger partial charge in [-0.2, -0.15) is 0 Å². The van der Waals surface area contributed by atoms with Crippen molar-refractivity contribution in [1.29, 1.82) is 0 Å². The molecule has 32 heavy (non-hydrogen) atoms. The molecular formula is C22H22N4O5S. The Morgan fingerprint density at radius 3 is 2.91 bits per heavy atom. The highest BCUT2D eigenvalue weighted by atomic mass is 32.1. The third-order valence-electron chi connectivity index (χ3n) is 5.33. The monoisotopic (exact) mass is 454 g/mol. The van der Waals surface area contributed by atoms with Crippen LogP contribution in [0, 0.1) is 0 Å². The smallest absolute Gasteiger partial charge is 0.412 e. The van der Waals surface area contributed by atoms with Crippen molar-refractivity contribution < 1.29 is 23.7 Å². The topological polar surface area (TPSA) is 104 Å². The summed E-state index contributed by atoms with van der Waals surface area (Å²) in [5.41, 5.74) is 1.44. The van der Waals surface area contributed by atoms with Crippen LogP contribution in [0.4, 0.5) is 16.4 Å². The number of hydrogen-bond acceptors (Lipinski definition) is 9. The second kappa shape index (κ2) is 9.11. The van der Waals surface area contributed by atoms with E-state index in [1.165, 1.54) is 0 Å². The lowest BCUT2D eigenvalue weighted by Gasteiger charge is -2.18. The summed E-state index contributed by atoms with van der Waals surface area (Å²) in [5, 5.41) is 8.02. The number of ether oxygens (including phenoxy) is 4. The van der Waals surface area contributed by atoms with Gasteiger partial charge in [-0.3, -0.25) is 5.32 Å². The molecular weight excluding hydrogens is 432 g/mol. The van der Waals surface area contributed by atoms with Crippen LogP contribution in [0.25, 0.3) is 10.6 Å². The first-order valence-electron chi connectivity index (χ1n) is 10.2. The summed E-state index contributed by atoms with van der Waals surface area (Å²) in [6.45, 7) is 0.661. The molecule has 0 spiro atoms. The molecule has 3 aromatic rings. The Morgan fingerprint density at radius 1 is 1.16 bits per heavy atom. The van der Waals surface area contributed by atoms with Gasteiger partial charge in [0.15, 0.2) is 6.10 Å². The van der Waals surface area contributed by atoms with Crippen molar-refractivity contribution in [3.8, 4) is 16.3 Å². The van der Waals surface area contributed by atoms with Gasteiger partial charge in [0.05, 0.1) is 36.9 Å². The zero-order chi connectivity index (χ0) is 21.9. The van der Waals surface area contributed by atoms with Crippen LogP contribution in [0.3, 0.4) is 0 Å². The molecule has 2 aromatic heterocycles. The number of amides is 1. The fourth-order valence-electron chi connectivity index (χ4n) is 3.83. The van der Waals surface area contributed by atoms with E-state index >= 15 is 0 Å². The van der Waals surface area contributed by atoms with Crippen molar-refractivity contribution in [1.82, 2.24) is 9.97 Å². The second-order valence-corrected chi connectivity index (χ2v) is 8.34. The lowest BCUT2D eigenvalue weighted by Crippen LogP contribution is -2.38. The zero-order valence-corrected chi connectivity index (χ0v) is 18.1. The molecule has 0 unspecified atom stereocenters. The van der Waals surface area contributed by atoms with Crippen LogP contribution in [-0.2, 0) is 14.2 Å². The first kappa shape index (κ1) is 20.7. The summed E-state index contributed by atoms with van der Waals surface area (Å²) in [4.78, 5) is 22.3. The van der Waals surface area contributed by atoms with E-state index < -0.39 is 12.2 Å². The number of rotatable bonds is 6. The number of fused-ring (bicyclic) bond motifs is 1. The van der Waals surface area contributed by atoms with Crippen molar-refractivity contribution in [3.63, 3.8) is 0 Å². The molecule has 1 aromatic carbocycles. The molecule has 0 bridgehead atoms. The highest BCUT2D eigenvalue weighted by molar-refractivity contribution is 7.13. The SMILES string of the molecule is COc1cccc(NC(=O)O[C@H]2CO[C@@H]3[C@@H]2OC[C@@H]3Nc2nccc(-c3cccs3)n2)c1. The van der Waals surface area contributed by atoms with Crippen LogP contribution in [-0.4, -0.2) is 60.7 Å². The van der Waals surface area contributed by atoms with Crippen molar-refractivity contribution in [2.24, 2.45) is 0 Å². The van der Waals surface area contributed by atoms with E-state index in [2.05, 4.69) is 20.6 Å². The molecule has 1 amide bonds. The van der Waals surface area contributed by atoms with Gasteiger partial charge in [-0.15, -0.1) is 11.3 Å². The third-order valence-corrected chi connectivity index (χ3v) is 6.22. The summed E-state index contributed by atoms with van der Waals surface area (Å²) in [5.74, 6) is 1.15. The van der Waals surface area contributed by atoms with E-state index in [0.717, 1.165) is 10.6 Å². The second-order valence-electron chi connectivity index (χ2n) is 7.39. The predicted molar refractivity (Wildman–Crippen MR) is 119 cm³/mol. The number of carbonyl (C=O) groups excluding carboxylic acids is 1. The Bertz CT molecular complexity index is 1080. The molecule has 2 fully saturated rings. The third kappa shape index (κ3) is 4.38. The maximum Gasteiger partial charge on any atom is 0.412 e. The Morgan fingerprint density at radius 2 is 2.06 bits per heavy atom. The number of hydrogen-bond donors (Lipinski definition) is 2. The van der Waals surface area contributed by atoms with Gasteiger partial charge in [-0.05, 0) is 29.6 Å². The average molecular weight is 455 g/mol. The molecule has 4 heterocycles. The molecule has 5 rings (SSSR count). The quantitative estimate of drug-likeness (QED) is 0.584. The van der Waals surface area contributed by atoms with Crippen LogP contribution in [0.15, 0.2) is 54.0 Å². The average Bonchev–Trinajstić information content (AvgIpc) is 3.55. The number of nitrogens with zero attached hydrogens (tertiary/aromatic N) is 2. The number of aromatic nitrogens is 2. The van der Waals surface area contributed by atoms with Crippen LogP contribution in [0.5, 0.6) is 5.75 Å². The van der Waals surface area contributed by atoms with Gasteiger partial charge in [-0.25, -0.2) is 14.8 Å². The molecule has 2 aliphatic heterocycles. The van der Waals surface area contributed by atoms with Crippen LogP contribution in [0.2, 0.25) is 0 Å². The van der Waals surface area contributed by atoms with Crippen LogP contribution >= 0.6 is 11.3 Å². The molecule has 0 aliphatic carbocycles. The van der Waals surface area contributed by atoms with Gasteiger partial charge >= 0.3 is 6.09 Å². The molecule has 4 atom stereocenters. The predicted octanol–water partition coefficient (Wildman–Crippen LogP) is 3.41. The first-order chi connectivity index (χ1) is 15.7. The summed E-state index contributed by atoms with van der Waals surface area (Å²) >= 11 is 1.62. The van der Waals surface area contributed by atoms with Crippen LogP contribution < -0.4 is 15.4 Å². The minimum Gasteiger partial charge on any atom is -0.497 e. The number of anilines is 2. The lowest BCUT2D eigenvalue weighted by molar-refractivity contribution is 0.00917. The molecule has 0 saturated carbocycles. The highest BCUT2D eigenvalue weighted by Crippen LogP contribution is 2.31. The summed E-state index contributed by atoms with van der Waals surface area (Å²) in [6.07, 6.45) is 0.0279. The van der Waals surface area contributed by atoms with Crippen molar-refractivity contribution in [3.05, 3.63) is 54.0 Å². The highest BCUT2D eigenvalue weighted by Gasteiger charge is 2.49. The maximum absolute atomic E-state index is 12.4. The minimum atomic E-state index is -0.570. The molecule has 2 aliphatic rings. The molecule has 9 nitrogen and oxygen atoms in total. The number of carbonyl (C=O) groups is 1. The Labute approximate surface area is 188 Å². The van der Waals surface area contributed by atoms with Crippen molar-refractivity contribution >= 4 is 29.1 Å². The first-order valence-corrected chi connectivity index (χ1v) is 11.1. The number of benzene rings is 1. The van der Waals surface area contributed by atoms with E-state index in [-0.39, 0.29) is 24.9 Å². The zero-order valence-electron chi connectivity index (χ0n) is 17.3. The number of nitrogens with one attached hydrogen (secondary N) is 2. The van der Waals surface area contributed by atoms with E-state index in [1.54, 1.807) is 48.9 Å². The van der Waals surface area contributed by atoms with Crippen molar-refractivity contribution in [2.45, 2.75) is 24.4 Å². The largest absolute Gasteiger partial charge is 0.497 e. The number of methoxy groups -OCH3 is 1. The fourth-order valence-corrected chi connectivity index (χ4v) is 4.53. The van der Waals surface area contributed by atoms with E-state index in [1.807, 2.05) is 23.6 Å². The van der Waals surface area contributed by atoms with E-state index in [0.29, 0.717) is 24.0 Å². The van der Waals surface area contributed by atoms with E-state index in [4.69, 9.17) is 18.9 Å². The summed E-state index contributed by atoms with van der Waals surface area (Å²) in [6, 6.07) is 12.8. The van der Waals surface area contributed by atoms with Crippen molar-refractivity contribution in [2.75, 3.05) is 31.0 Å².